The van der Waals surface area contributed by atoms with Gasteiger partial charge in [-0.2, -0.15) is 0 Å². The highest BCUT2D eigenvalue weighted by Crippen LogP contribution is 2.25. The number of nitrogens with one attached hydrogen (secondary N) is 1. The van der Waals surface area contributed by atoms with Gasteiger partial charge in [0.1, 0.15) is 29.1 Å². The molecule has 0 aliphatic heterocycles. The molecular formula is C21H18FN3O4. The predicted octanol–water partition coefficient (Wildman–Crippen LogP) is 2.26. The minimum absolute atomic E-state index is 0.0776. The summed E-state index contributed by atoms with van der Waals surface area (Å²) in [6.45, 7) is -0.601. The van der Waals surface area contributed by atoms with Crippen LogP contribution in [0.25, 0.3) is 11.3 Å². The average molecular weight is 395 g/mol. The van der Waals surface area contributed by atoms with E-state index < -0.39 is 24.5 Å². The number of rotatable bonds is 7. The highest BCUT2D eigenvalue weighted by atomic mass is 19.1. The van der Waals surface area contributed by atoms with E-state index in [1.54, 1.807) is 36.4 Å². The van der Waals surface area contributed by atoms with E-state index in [0.717, 1.165) is 5.56 Å². The fourth-order valence-electron chi connectivity index (χ4n) is 2.49. The zero-order valence-corrected chi connectivity index (χ0v) is 15.2. The molecule has 1 aromatic heterocycles. The first kappa shape index (κ1) is 20.0. The molecule has 8 heteroatoms. The van der Waals surface area contributed by atoms with Crippen LogP contribution in [0.3, 0.4) is 0 Å². The number of pyridine rings is 1. The molecule has 0 radical (unpaired) electrons. The van der Waals surface area contributed by atoms with Crippen LogP contribution in [-0.4, -0.2) is 34.6 Å². The van der Waals surface area contributed by atoms with E-state index in [9.17, 15) is 14.0 Å². The number of hydrogen-bond acceptors (Lipinski definition) is 5. The normalized spacial score (nSPS) is 11.5. The van der Waals surface area contributed by atoms with Crippen molar-refractivity contribution in [2.24, 2.45) is 5.73 Å². The predicted molar refractivity (Wildman–Crippen MR) is 104 cm³/mol. The summed E-state index contributed by atoms with van der Waals surface area (Å²) in [5.41, 5.74) is 6.45. The maximum absolute atomic E-state index is 13.0. The van der Waals surface area contributed by atoms with Gasteiger partial charge in [0.05, 0.1) is 12.3 Å². The molecule has 2 amide bonds. The third kappa shape index (κ3) is 5.14. The zero-order valence-electron chi connectivity index (χ0n) is 15.2. The Kier molecular flexibility index (Phi) is 6.16. The second-order valence-electron chi connectivity index (χ2n) is 6.10. The van der Waals surface area contributed by atoms with Gasteiger partial charge in [-0.15, -0.1) is 0 Å². The van der Waals surface area contributed by atoms with Crippen molar-refractivity contribution in [3.05, 3.63) is 78.2 Å². The van der Waals surface area contributed by atoms with Crippen molar-refractivity contribution in [2.75, 3.05) is 6.61 Å². The number of ether oxygens (including phenoxy) is 1. The Morgan fingerprint density at radius 1 is 1.03 bits per heavy atom. The minimum atomic E-state index is -1.18. The monoisotopic (exact) mass is 395 g/mol. The molecule has 29 heavy (non-hydrogen) atoms. The van der Waals surface area contributed by atoms with Crippen LogP contribution in [0.5, 0.6) is 11.5 Å². The van der Waals surface area contributed by atoms with Crippen LogP contribution >= 0.6 is 0 Å². The van der Waals surface area contributed by atoms with E-state index in [1.807, 2.05) is 0 Å². The number of nitrogens with zero attached hydrogens (tertiary/aromatic N) is 1. The van der Waals surface area contributed by atoms with Crippen molar-refractivity contribution < 1.29 is 23.8 Å². The molecule has 0 saturated carbocycles. The number of aliphatic hydroxyl groups excluding tert-OH is 1. The summed E-state index contributed by atoms with van der Waals surface area (Å²) in [6, 6.07) is 16.3. The molecule has 0 saturated heterocycles. The van der Waals surface area contributed by atoms with Crippen molar-refractivity contribution in [3.8, 4) is 22.8 Å². The summed E-state index contributed by atoms with van der Waals surface area (Å²) < 4.78 is 18.6. The van der Waals surface area contributed by atoms with E-state index in [-0.39, 0.29) is 11.5 Å². The highest BCUT2D eigenvalue weighted by molar-refractivity contribution is 5.96. The number of carbonyl (C=O) groups is 2. The maximum Gasteiger partial charge on any atom is 0.270 e. The smallest absolute Gasteiger partial charge is 0.270 e. The summed E-state index contributed by atoms with van der Waals surface area (Å²) in [4.78, 5) is 27.7. The van der Waals surface area contributed by atoms with E-state index >= 15 is 0 Å². The van der Waals surface area contributed by atoms with Crippen LogP contribution < -0.4 is 15.8 Å². The number of hydrogen-bond donors (Lipinski definition) is 3. The molecule has 1 heterocycles. The van der Waals surface area contributed by atoms with Crippen molar-refractivity contribution >= 4 is 11.8 Å². The number of primary amides is 1. The third-order valence-electron chi connectivity index (χ3n) is 4.01. The summed E-state index contributed by atoms with van der Waals surface area (Å²) in [6.07, 6.45) is 0. The average Bonchev–Trinajstić information content (AvgIpc) is 2.74. The van der Waals surface area contributed by atoms with Crippen LogP contribution in [0.2, 0.25) is 0 Å². The molecule has 3 rings (SSSR count). The van der Waals surface area contributed by atoms with Gasteiger partial charge in [0.2, 0.25) is 5.91 Å². The molecule has 3 aromatic rings. The molecule has 0 spiro atoms. The van der Waals surface area contributed by atoms with Crippen molar-refractivity contribution in [2.45, 2.75) is 6.04 Å². The van der Waals surface area contributed by atoms with Gasteiger partial charge in [-0.25, -0.2) is 9.37 Å². The van der Waals surface area contributed by atoms with Gasteiger partial charge in [0.25, 0.3) is 5.91 Å². The molecule has 7 nitrogen and oxygen atoms in total. The maximum atomic E-state index is 13.0. The van der Waals surface area contributed by atoms with Gasteiger partial charge in [-0.1, -0.05) is 6.07 Å². The number of carbonyl (C=O) groups excluding carboxylic acids is 2. The Morgan fingerprint density at radius 2 is 1.66 bits per heavy atom. The minimum Gasteiger partial charge on any atom is -0.457 e. The van der Waals surface area contributed by atoms with Gasteiger partial charge in [0, 0.05) is 5.56 Å². The van der Waals surface area contributed by atoms with E-state index in [1.165, 1.54) is 30.3 Å². The van der Waals surface area contributed by atoms with Crippen LogP contribution in [0.15, 0.2) is 66.7 Å². The van der Waals surface area contributed by atoms with E-state index in [2.05, 4.69) is 10.3 Å². The fourth-order valence-corrected chi connectivity index (χ4v) is 2.49. The van der Waals surface area contributed by atoms with Gasteiger partial charge < -0.3 is 20.9 Å². The first-order chi connectivity index (χ1) is 14.0. The van der Waals surface area contributed by atoms with Crippen LogP contribution in [0.1, 0.15) is 10.5 Å². The summed E-state index contributed by atoms with van der Waals surface area (Å²) in [5, 5.41) is 11.4. The first-order valence-corrected chi connectivity index (χ1v) is 8.68. The van der Waals surface area contributed by atoms with Crippen molar-refractivity contribution in [1.82, 2.24) is 10.3 Å². The standard InChI is InChI=1S/C21H18FN3O4/c22-14-6-10-16(11-7-14)29-15-8-4-13(5-9-15)17-2-1-3-18(24-17)21(28)25-19(12-26)20(23)27/h1-11,19,26H,12H2,(H2,23,27)(H,25,28). The van der Waals surface area contributed by atoms with Gasteiger partial charge in [-0.3, -0.25) is 9.59 Å². The third-order valence-corrected chi connectivity index (χ3v) is 4.01. The second kappa shape index (κ2) is 8.94. The Labute approximate surface area is 166 Å². The molecule has 2 aromatic carbocycles. The topological polar surface area (TPSA) is 115 Å². The largest absolute Gasteiger partial charge is 0.457 e. The molecular weight excluding hydrogens is 377 g/mol. The molecule has 148 valence electrons. The summed E-state index contributed by atoms with van der Waals surface area (Å²) >= 11 is 0. The van der Waals surface area contributed by atoms with Crippen LogP contribution in [0.4, 0.5) is 4.39 Å². The van der Waals surface area contributed by atoms with Gasteiger partial charge in [0.15, 0.2) is 0 Å². The number of aromatic nitrogens is 1. The van der Waals surface area contributed by atoms with E-state index in [0.29, 0.717) is 17.2 Å². The number of benzene rings is 2. The lowest BCUT2D eigenvalue weighted by molar-refractivity contribution is -0.120. The Hall–Kier alpha value is -3.78. The molecule has 0 bridgehead atoms. The number of amides is 2. The van der Waals surface area contributed by atoms with Gasteiger partial charge in [-0.05, 0) is 60.7 Å². The Morgan fingerprint density at radius 3 is 2.24 bits per heavy atom. The fraction of sp³-hybridized carbons (Fsp3) is 0.0952. The second-order valence-corrected chi connectivity index (χ2v) is 6.10. The number of nitrogens with two attached hydrogens (primary N) is 1. The van der Waals surface area contributed by atoms with Crippen molar-refractivity contribution in [1.29, 1.82) is 0 Å². The molecule has 1 unspecified atom stereocenters. The molecule has 4 N–H and O–H groups in total. The molecule has 1 atom stereocenters. The SMILES string of the molecule is NC(=O)C(CO)NC(=O)c1cccc(-c2ccc(Oc3ccc(F)cc3)cc2)n1. The lowest BCUT2D eigenvalue weighted by Gasteiger charge is -2.12. The van der Waals surface area contributed by atoms with Crippen LogP contribution in [0, 0.1) is 5.82 Å². The Bertz CT molecular complexity index is 1010. The Balaban J connectivity index is 1.73. The molecule has 0 aliphatic rings. The summed E-state index contributed by atoms with van der Waals surface area (Å²) in [7, 11) is 0. The van der Waals surface area contributed by atoms with Crippen molar-refractivity contribution in [3.63, 3.8) is 0 Å². The van der Waals surface area contributed by atoms with Gasteiger partial charge >= 0.3 is 0 Å². The quantitative estimate of drug-likeness (QED) is 0.568. The summed E-state index contributed by atoms with van der Waals surface area (Å²) in [5.74, 6) is -0.746. The number of aliphatic hydroxyl groups is 1. The molecule has 0 fully saturated rings. The van der Waals surface area contributed by atoms with Crippen LogP contribution in [-0.2, 0) is 4.79 Å². The zero-order chi connectivity index (χ0) is 20.8. The lowest BCUT2D eigenvalue weighted by atomic mass is 10.1. The highest BCUT2D eigenvalue weighted by Gasteiger charge is 2.18. The first-order valence-electron chi connectivity index (χ1n) is 8.68. The van der Waals surface area contributed by atoms with E-state index in [4.69, 9.17) is 15.6 Å². The molecule has 0 aliphatic carbocycles. The number of halogens is 1. The lowest BCUT2D eigenvalue weighted by Crippen LogP contribution is -2.47.